The third-order valence-corrected chi connectivity index (χ3v) is 4.20. The van der Waals surface area contributed by atoms with E-state index in [1.807, 2.05) is 7.05 Å². The zero-order chi connectivity index (χ0) is 12.6. The fourth-order valence-electron chi connectivity index (χ4n) is 3.10. The van der Waals surface area contributed by atoms with Gasteiger partial charge >= 0.3 is 0 Å². The first-order valence-corrected chi connectivity index (χ1v) is 6.77. The van der Waals surface area contributed by atoms with Crippen molar-refractivity contribution in [2.45, 2.75) is 37.8 Å². The molecule has 0 amide bonds. The van der Waals surface area contributed by atoms with Gasteiger partial charge in [0.15, 0.2) is 0 Å². The number of aryl methyl sites for hydroxylation is 1. The monoisotopic (exact) mass is 247 g/mol. The summed E-state index contributed by atoms with van der Waals surface area (Å²) in [5, 5.41) is 3.44. The molecule has 2 aliphatic rings. The summed E-state index contributed by atoms with van der Waals surface area (Å²) in [4.78, 5) is 0. The van der Waals surface area contributed by atoms with Crippen LogP contribution < -0.4 is 10.1 Å². The first-order valence-electron chi connectivity index (χ1n) is 6.77. The Balaban J connectivity index is 1.96. The molecule has 1 spiro atoms. The molecule has 1 fully saturated rings. The van der Waals surface area contributed by atoms with Gasteiger partial charge in [-0.2, -0.15) is 0 Å². The second-order valence-electron chi connectivity index (χ2n) is 5.48. The minimum Gasteiger partial charge on any atom is -0.487 e. The van der Waals surface area contributed by atoms with E-state index in [4.69, 9.17) is 9.47 Å². The summed E-state index contributed by atoms with van der Waals surface area (Å²) in [5.74, 6) is 1.05. The zero-order valence-electron chi connectivity index (χ0n) is 11.2. The van der Waals surface area contributed by atoms with Gasteiger partial charge in [-0.1, -0.05) is 17.7 Å². The first-order chi connectivity index (χ1) is 8.72. The van der Waals surface area contributed by atoms with Crippen molar-refractivity contribution >= 4 is 0 Å². The highest BCUT2D eigenvalue weighted by molar-refractivity contribution is 5.41. The summed E-state index contributed by atoms with van der Waals surface area (Å²) < 4.78 is 11.8. The molecule has 0 saturated carbocycles. The van der Waals surface area contributed by atoms with Crippen LogP contribution in [0.5, 0.6) is 5.75 Å². The molecule has 2 heterocycles. The zero-order valence-corrected chi connectivity index (χ0v) is 11.2. The molecule has 1 saturated heterocycles. The number of rotatable bonds is 1. The molecule has 1 atom stereocenters. The topological polar surface area (TPSA) is 30.5 Å². The smallest absolute Gasteiger partial charge is 0.124 e. The third kappa shape index (κ3) is 2.02. The van der Waals surface area contributed by atoms with Crippen molar-refractivity contribution in [3.8, 4) is 5.75 Å². The average Bonchev–Trinajstić information content (AvgIpc) is 2.39. The molecule has 3 heteroatoms. The van der Waals surface area contributed by atoms with Crippen molar-refractivity contribution in [3.63, 3.8) is 0 Å². The molecule has 1 aromatic rings. The number of hydrogen-bond donors (Lipinski definition) is 1. The number of benzene rings is 1. The summed E-state index contributed by atoms with van der Waals surface area (Å²) in [6.07, 6.45) is 3.04. The van der Waals surface area contributed by atoms with Gasteiger partial charge in [-0.25, -0.2) is 0 Å². The highest BCUT2D eigenvalue weighted by atomic mass is 16.5. The number of nitrogens with one attached hydrogen (secondary N) is 1. The van der Waals surface area contributed by atoms with Crippen LogP contribution in [0.1, 0.15) is 36.4 Å². The summed E-state index contributed by atoms with van der Waals surface area (Å²) in [5.41, 5.74) is 2.57. The lowest BCUT2D eigenvalue weighted by molar-refractivity contribution is -0.0641. The van der Waals surface area contributed by atoms with E-state index < -0.39 is 0 Å². The van der Waals surface area contributed by atoms with E-state index in [1.54, 1.807) is 0 Å². The maximum absolute atomic E-state index is 6.33. The molecule has 1 aromatic carbocycles. The van der Waals surface area contributed by atoms with Gasteiger partial charge in [-0.3, -0.25) is 0 Å². The van der Waals surface area contributed by atoms with Crippen LogP contribution in [-0.4, -0.2) is 25.9 Å². The Bertz CT molecular complexity index is 438. The van der Waals surface area contributed by atoms with Gasteiger partial charge in [0.1, 0.15) is 11.4 Å². The lowest BCUT2D eigenvalue weighted by Gasteiger charge is -2.44. The Hall–Kier alpha value is -1.06. The molecule has 3 rings (SSSR count). The van der Waals surface area contributed by atoms with Crippen molar-refractivity contribution in [2.24, 2.45) is 0 Å². The quantitative estimate of drug-likeness (QED) is 0.827. The Kier molecular flexibility index (Phi) is 3.04. The van der Waals surface area contributed by atoms with Gasteiger partial charge in [0.05, 0.1) is 13.2 Å². The van der Waals surface area contributed by atoms with Crippen LogP contribution in [0, 0.1) is 6.92 Å². The lowest BCUT2D eigenvalue weighted by atomic mass is 9.82. The van der Waals surface area contributed by atoms with E-state index in [1.165, 1.54) is 11.1 Å². The molecule has 3 nitrogen and oxygen atoms in total. The highest BCUT2D eigenvalue weighted by Gasteiger charge is 2.41. The van der Waals surface area contributed by atoms with Gasteiger partial charge in [-0.15, -0.1) is 0 Å². The summed E-state index contributed by atoms with van der Waals surface area (Å²) in [6.45, 7) is 3.76. The highest BCUT2D eigenvalue weighted by Crippen LogP contribution is 2.44. The van der Waals surface area contributed by atoms with Crippen molar-refractivity contribution < 1.29 is 9.47 Å². The van der Waals surface area contributed by atoms with Gasteiger partial charge in [-0.05, 0) is 20.0 Å². The van der Waals surface area contributed by atoms with E-state index in [-0.39, 0.29) is 5.60 Å². The van der Waals surface area contributed by atoms with Crippen molar-refractivity contribution in [1.29, 1.82) is 0 Å². The van der Waals surface area contributed by atoms with Crippen LogP contribution in [0.3, 0.4) is 0 Å². The van der Waals surface area contributed by atoms with Crippen molar-refractivity contribution in [3.05, 3.63) is 29.3 Å². The molecule has 98 valence electrons. The molecule has 18 heavy (non-hydrogen) atoms. The maximum Gasteiger partial charge on any atom is 0.124 e. The third-order valence-electron chi connectivity index (χ3n) is 4.20. The van der Waals surface area contributed by atoms with E-state index in [9.17, 15) is 0 Å². The van der Waals surface area contributed by atoms with Crippen LogP contribution in [-0.2, 0) is 4.74 Å². The molecular weight excluding hydrogens is 226 g/mol. The van der Waals surface area contributed by atoms with E-state index in [2.05, 4.69) is 30.4 Å². The van der Waals surface area contributed by atoms with Crippen molar-refractivity contribution in [2.75, 3.05) is 20.3 Å². The van der Waals surface area contributed by atoms with E-state index in [0.717, 1.165) is 38.2 Å². The molecule has 1 N–H and O–H groups in total. The predicted molar refractivity (Wildman–Crippen MR) is 71.0 cm³/mol. The molecule has 0 bridgehead atoms. The fraction of sp³-hybridized carbons (Fsp3) is 0.600. The van der Waals surface area contributed by atoms with Gasteiger partial charge < -0.3 is 14.8 Å². The Morgan fingerprint density at radius 1 is 1.28 bits per heavy atom. The number of fused-ring (bicyclic) bond motifs is 1. The molecule has 0 aliphatic carbocycles. The average molecular weight is 247 g/mol. The largest absolute Gasteiger partial charge is 0.487 e. The van der Waals surface area contributed by atoms with E-state index in [0.29, 0.717) is 6.04 Å². The van der Waals surface area contributed by atoms with Crippen LogP contribution in [0.25, 0.3) is 0 Å². The Morgan fingerprint density at radius 2 is 2.06 bits per heavy atom. The van der Waals surface area contributed by atoms with Crippen LogP contribution >= 0.6 is 0 Å². The number of ether oxygens (including phenoxy) is 2. The van der Waals surface area contributed by atoms with Crippen LogP contribution in [0.2, 0.25) is 0 Å². The predicted octanol–water partition coefficient (Wildman–Crippen LogP) is 2.59. The second kappa shape index (κ2) is 4.56. The first kappa shape index (κ1) is 12.0. The maximum atomic E-state index is 6.33. The summed E-state index contributed by atoms with van der Waals surface area (Å²) in [7, 11) is 2.04. The second-order valence-corrected chi connectivity index (χ2v) is 5.48. The molecular formula is C15H21NO2. The van der Waals surface area contributed by atoms with Crippen LogP contribution in [0.15, 0.2) is 18.2 Å². The van der Waals surface area contributed by atoms with Crippen LogP contribution in [0.4, 0.5) is 0 Å². The standard InChI is InChI=1S/C15H21NO2/c1-11-3-4-14-12(9-11)13(16-2)10-15(18-14)5-7-17-8-6-15/h3-4,9,13,16H,5-8,10H2,1-2H3. The molecule has 0 radical (unpaired) electrons. The number of hydrogen-bond acceptors (Lipinski definition) is 3. The Morgan fingerprint density at radius 3 is 2.78 bits per heavy atom. The minimum absolute atomic E-state index is 0.0197. The van der Waals surface area contributed by atoms with Gasteiger partial charge in [0.25, 0.3) is 0 Å². The molecule has 1 unspecified atom stereocenters. The fourth-order valence-corrected chi connectivity index (χ4v) is 3.10. The van der Waals surface area contributed by atoms with E-state index >= 15 is 0 Å². The minimum atomic E-state index is -0.0197. The normalized spacial score (nSPS) is 25.6. The molecule has 2 aliphatic heterocycles. The summed E-state index contributed by atoms with van der Waals surface area (Å²) >= 11 is 0. The lowest BCUT2D eigenvalue weighted by Crippen LogP contribution is -2.47. The Labute approximate surface area is 108 Å². The van der Waals surface area contributed by atoms with Gasteiger partial charge in [0, 0.05) is 30.9 Å². The molecule has 0 aromatic heterocycles. The van der Waals surface area contributed by atoms with Gasteiger partial charge in [0.2, 0.25) is 0 Å². The summed E-state index contributed by atoms with van der Waals surface area (Å²) in [6, 6.07) is 6.88. The SMILES string of the molecule is CNC1CC2(CCOCC2)Oc2ccc(C)cc21. The van der Waals surface area contributed by atoms with Crippen molar-refractivity contribution in [1.82, 2.24) is 5.32 Å².